The SMILES string of the molecule is COC(=O)c1sc(S(=O)(=O)NC(=O)/C=C/c2cc(C)ccc2OC)c(C(=O)OC)c1C. The highest BCUT2D eigenvalue weighted by Gasteiger charge is 2.33. The first-order valence-electron chi connectivity index (χ1n) is 8.75. The van der Waals surface area contributed by atoms with Crippen molar-refractivity contribution in [3.8, 4) is 5.75 Å². The van der Waals surface area contributed by atoms with E-state index in [2.05, 4.69) is 9.47 Å². The van der Waals surface area contributed by atoms with Crippen molar-refractivity contribution in [1.29, 1.82) is 0 Å². The summed E-state index contributed by atoms with van der Waals surface area (Å²) in [7, 11) is -0.820. The highest BCUT2D eigenvalue weighted by Crippen LogP contribution is 2.33. The number of thiophene rings is 1. The van der Waals surface area contributed by atoms with Gasteiger partial charge in [-0.05, 0) is 37.6 Å². The van der Waals surface area contributed by atoms with Crippen LogP contribution in [0.5, 0.6) is 5.75 Å². The highest BCUT2D eigenvalue weighted by atomic mass is 32.2. The fourth-order valence-corrected chi connectivity index (χ4v) is 5.35. The number of ether oxygens (including phenoxy) is 3. The number of nitrogens with one attached hydrogen (secondary N) is 1. The normalized spacial score (nSPS) is 11.3. The molecule has 0 atom stereocenters. The summed E-state index contributed by atoms with van der Waals surface area (Å²) in [6.45, 7) is 3.24. The molecule has 0 spiro atoms. The standard InChI is InChI=1S/C20H21NO8S2/c1-11-6-8-14(27-3)13(10-11)7-9-15(22)21-31(25,26)20-16(18(23)28-4)12(2)17(30-20)19(24)29-5/h6-10H,1-5H3,(H,21,22)/b9-7+. The molecule has 0 saturated heterocycles. The zero-order valence-electron chi connectivity index (χ0n) is 17.5. The first kappa shape index (κ1) is 24.1. The van der Waals surface area contributed by atoms with E-state index in [4.69, 9.17) is 4.74 Å². The van der Waals surface area contributed by atoms with Gasteiger partial charge in [-0.3, -0.25) is 4.79 Å². The van der Waals surface area contributed by atoms with Gasteiger partial charge in [-0.2, -0.15) is 0 Å². The van der Waals surface area contributed by atoms with Crippen LogP contribution in [0.3, 0.4) is 0 Å². The molecule has 1 heterocycles. The smallest absolute Gasteiger partial charge is 0.348 e. The molecular formula is C20H21NO8S2. The van der Waals surface area contributed by atoms with Crippen LogP contribution in [0.1, 0.15) is 36.7 Å². The third-order valence-electron chi connectivity index (χ3n) is 4.15. The van der Waals surface area contributed by atoms with Crippen molar-refractivity contribution >= 4 is 45.3 Å². The maximum atomic E-state index is 12.8. The van der Waals surface area contributed by atoms with E-state index in [0.717, 1.165) is 25.9 Å². The molecule has 0 unspecified atom stereocenters. The molecule has 2 aromatic rings. The van der Waals surface area contributed by atoms with Gasteiger partial charge in [0.05, 0.1) is 26.9 Å². The second-order valence-electron chi connectivity index (χ2n) is 6.25. The van der Waals surface area contributed by atoms with Crippen LogP contribution in [-0.4, -0.2) is 47.6 Å². The van der Waals surface area contributed by atoms with Crippen LogP contribution in [0.4, 0.5) is 0 Å². The molecule has 0 radical (unpaired) electrons. The summed E-state index contributed by atoms with van der Waals surface area (Å²) in [4.78, 5) is 36.3. The average Bonchev–Trinajstić information content (AvgIpc) is 3.09. The van der Waals surface area contributed by atoms with Crippen molar-refractivity contribution in [3.63, 3.8) is 0 Å². The van der Waals surface area contributed by atoms with E-state index in [1.807, 2.05) is 17.7 Å². The molecule has 0 aliphatic heterocycles. The highest BCUT2D eigenvalue weighted by molar-refractivity contribution is 7.92. The van der Waals surface area contributed by atoms with Crippen LogP contribution >= 0.6 is 11.3 Å². The first-order chi connectivity index (χ1) is 14.5. The van der Waals surface area contributed by atoms with Gasteiger partial charge in [0.1, 0.15) is 10.6 Å². The lowest BCUT2D eigenvalue weighted by atomic mass is 10.1. The minimum absolute atomic E-state index is 0.0802. The van der Waals surface area contributed by atoms with Gasteiger partial charge >= 0.3 is 11.9 Å². The zero-order chi connectivity index (χ0) is 23.3. The molecule has 0 bridgehead atoms. The maximum absolute atomic E-state index is 12.8. The molecule has 9 nitrogen and oxygen atoms in total. The molecule has 31 heavy (non-hydrogen) atoms. The van der Waals surface area contributed by atoms with E-state index in [1.165, 1.54) is 20.1 Å². The Bertz CT molecular complexity index is 1160. The van der Waals surface area contributed by atoms with Gasteiger partial charge in [-0.25, -0.2) is 22.7 Å². The summed E-state index contributed by atoms with van der Waals surface area (Å²) in [6.07, 6.45) is 2.42. The topological polar surface area (TPSA) is 125 Å². The van der Waals surface area contributed by atoms with Crippen molar-refractivity contribution in [2.45, 2.75) is 18.1 Å². The second kappa shape index (κ2) is 9.75. The number of amides is 1. The Kier molecular flexibility index (Phi) is 7.58. The van der Waals surface area contributed by atoms with E-state index >= 15 is 0 Å². The number of carbonyl (C=O) groups excluding carboxylic acids is 3. The number of carbonyl (C=O) groups is 3. The van der Waals surface area contributed by atoms with Gasteiger partial charge in [0.25, 0.3) is 15.9 Å². The van der Waals surface area contributed by atoms with Crippen molar-refractivity contribution < 1.29 is 37.0 Å². The Balaban J connectivity index is 2.40. The fraction of sp³-hybridized carbons (Fsp3) is 0.250. The molecule has 11 heteroatoms. The summed E-state index contributed by atoms with van der Waals surface area (Å²) in [5, 5.41) is 0. The second-order valence-corrected chi connectivity index (χ2v) is 9.15. The molecular weight excluding hydrogens is 446 g/mol. The monoisotopic (exact) mass is 467 g/mol. The van der Waals surface area contributed by atoms with Gasteiger partial charge in [0, 0.05) is 11.6 Å². The predicted octanol–water partition coefficient (Wildman–Crippen LogP) is 2.47. The Morgan fingerprint density at radius 2 is 1.68 bits per heavy atom. The van der Waals surface area contributed by atoms with Crippen LogP contribution in [0, 0.1) is 13.8 Å². The average molecular weight is 468 g/mol. The molecule has 0 saturated carbocycles. The summed E-state index contributed by atoms with van der Waals surface area (Å²) in [5.41, 5.74) is 1.24. The van der Waals surface area contributed by atoms with Crippen molar-refractivity contribution in [1.82, 2.24) is 4.72 Å². The van der Waals surface area contributed by atoms with Crippen LogP contribution in [0.15, 0.2) is 28.5 Å². The maximum Gasteiger partial charge on any atom is 0.348 e. The minimum Gasteiger partial charge on any atom is -0.496 e. The largest absolute Gasteiger partial charge is 0.496 e. The van der Waals surface area contributed by atoms with Crippen LogP contribution < -0.4 is 9.46 Å². The lowest BCUT2D eigenvalue weighted by Gasteiger charge is -2.07. The van der Waals surface area contributed by atoms with E-state index in [0.29, 0.717) is 22.6 Å². The van der Waals surface area contributed by atoms with Gasteiger partial charge < -0.3 is 14.2 Å². The van der Waals surface area contributed by atoms with Crippen LogP contribution in [0.25, 0.3) is 6.08 Å². The summed E-state index contributed by atoms with van der Waals surface area (Å²) < 4.78 is 41.4. The van der Waals surface area contributed by atoms with Gasteiger partial charge in [-0.15, -0.1) is 11.3 Å². The molecule has 0 fully saturated rings. The third kappa shape index (κ3) is 5.30. The number of hydrogen-bond acceptors (Lipinski definition) is 9. The fourth-order valence-electron chi connectivity index (χ4n) is 2.66. The molecule has 0 aliphatic rings. The first-order valence-corrected chi connectivity index (χ1v) is 11.0. The number of esters is 2. The Morgan fingerprint density at radius 1 is 1.03 bits per heavy atom. The van der Waals surface area contributed by atoms with E-state index in [9.17, 15) is 22.8 Å². The lowest BCUT2D eigenvalue weighted by Crippen LogP contribution is -2.29. The quantitative estimate of drug-likeness (QED) is 0.486. The number of sulfonamides is 1. The minimum atomic E-state index is -4.49. The number of methoxy groups -OCH3 is 3. The summed E-state index contributed by atoms with van der Waals surface area (Å²) in [6, 6.07) is 5.31. The molecule has 0 aliphatic carbocycles. The molecule has 1 aromatic carbocycles. The molecule has 1 N–H and O–H groups in total. The third-order valence-corrected chi connectivity index (χ3v) is 7.29. The van der Waals surface area contributed by atoms with Crippen molar-refractivity contribution in [2.24, 2.45) is 0 Å². The van der Waals surface area contributed by atoms with E-state index < -0.39 is 32.1 Å². The number of hydrogen-bond donors (Lipinski definition) is 1. The predicted molar refractivity (Wildman–Crippen MR) is 114 cm³/mol. The zero-order valence-corrected chi connectivity index (χ0v) is 19.1. The molecule has 2 rings (SSSR count). The molecule has 166 valence electrons. The van der Waals surface area contributed by atoms with Crippen molar-refractivity contribution in [2.75, 3.05) is 21.3 Å². The van der Waals surface area contributed by atoms with Gasteiger partial charge in [-0.1, -0.05) is 11.6 Å². The van der Waals surface area contributed by atoms with Crippen molar-refractivity contribution in [3.05, 3.63) is 51.4 Å². The Labute approximate surface area is 183 Å². The number of aryl methyl sites for hydroxylation is 1. The van der Waals surface area contributed by atoms with E-state index in [-0.39, 0.29) is 16.0 Å². The van der Waals surface area contributed by atoms with E-state index in [1.54, 1.807) is 12.1 Å². The molecule has 1 aromatic heterocycles. The number of rotatable bonds is 7. The Hall–Kier alpha value is -3.18. The van der Waals surface area contributed by atoms with Crippen LogP contribution in [0.2, 0.25) is 0 Å². The Morgan fingerprint density at radius 3 is 2.26 bits per heavy atom. The lowest BCUT2D eigenvalue weighted by molar-refractivity contribution is -0.114. The summed E-state index contributed by atoms with van der Waals surface area (Å²) in [5.74, 6) is -2.23. The summed E-state index contributed by atoms with van der Waals surface area (Å²) >= 11 is 0.512. The van der Waals surface area contributed by atoms with Gasteiger partial charge in [0.15, 0.2) is 4.21 Å². The number of benzene rings is 1. The van der Waals surface area contributed by atoms with Gasteiger partial charge in [0.2, 0.25) is 0 Å². The van der Waals surface area contributed by atoms with Crippen LogP contribution in [-0.2, 0) is 24.3 Å². The molecule has 1 amide bonds.